The molecule has 0 aliphatic rings. The smallest absolute Gasteiger partial charge is 0.241 e. The fraction of sp³-hybridized carbons (Fsp3) is 0.273. The summed E-state index contributed by atoms with van der Waals surface area (Å²) >= 11 is 8.31. The minimum Gasteiger partial charge on any atom is -0.389 e. The van der Waals surface area contributed by atoms with Gasteiger partial charge in [-0.15, -0.1) is 0 Å². The molecule has 17 heavy (non-hydrogen) atoms. The predicted octanol–water partition coefficient (Wildman–Crippen LogP) is 1.58. The Kier molecular flexibility index (Phi) is 4.89. The monoisotopic (exact) mass is 315 g/mol. The van der Waals surface area contributed by atoms with Crippen LogP contribution in [0.3, 0.4) is 0 Å². The lowest BCUT2D eigenvalue weighted by atomic mass is 10.2. The van der Waals surface area contributed by atoms with Crippen molar-refractivity contribution in [2.75, 3.05) is 26.0 Å². The maximum absolute atomic E-state index is 11.5. The number of rotatable bonds is 4. The van der Waals surface area contributed by atoms with Crippen LogP contribution in [0.25, 0.3) is 0 Å². The summed E-state index contributed by atoms with van der Waals surface area (Å²) < 4.78 is 0.893. The van der Waals surface area contributed by atoms with Crippen molar-refractivity contribution in [3.63, 3.8) is 0 Å². The summed E-state index contributed by atoms with van der Waals surface area (Å²) in [6.45, 7) is 0.213. The number of halogens is 1. The van der Waals surface area contributed by atoms with Crippen LogP contribution in [-0.2, 0) is 4.79 Å². The molecule has 0 heterocycles. The number of carbonyl (C=O) groups excluding carboxylic acids is 1. The molecule has 6 heteroatoms. The van der Waals surface area contributed by atoms with Gasteiger partial charge in [0.15, 0.2) is 0 Å². The van der Waals surface area contributed by atoms with Crippen molar-refractivity contribution in [3.05, 3.63) is 28.2 Å². The van der Waals surface area contributed by atoms with E-state index in [1.165, 1.54) is 4.90 Å². The van der Waals surface area contributed by atoms with Crippen LogP contribution in [-0.4, -0.2) is 36.4 Å². The van der Waals surface area contributed by atoms with Gasteiger partial charge in [0.2, 0.25) is 5.91 Å². The van der Waals surface area contributed by atoms with Gasteiger partial charge in [0.25, 0.3) is 0 Å². The second kappa shape index (κ2) is 5.97. The van der Waals surface area contributed by atoms with E-state index in [1.54, 1.807) is 14.1 Å². The van der Waals surface area contributed by atoms with E-state index in [0.29, 0.717) is 4.99 Å². The number of hydrogen-bond donors (Lipinski definition) is 2. The average Bonchev–Trinajstić information content (AvgIpc) is 2.26. The van der Waals surface area contributed by atoms with Gasteiger partial charge >= 0.3 is 0 Å². The van der Waals surface area contributed by atoms with Gasteiger partial charge in [-0.25, -0.2) is 0 Å². The molecular formula is C11H14BrN3OS. The second-order valence-electron chi connectivity index (χ2n) is 3.70. The molecule has 1 aromatic rings. The third kappa shape index (κ3) is 3.98. The molecule has 0 aliphatic carbocycles. The van der Waals surface area contributed by atoms with Crippen molar-refractivity contribution >= 4 is 44.7 Å². The van der Waals surface area contributed by atoms with Gasteiger partial charge in [0, 0.05) is 29.8 Å². The molecule has 0 atom stereocenters. The molecular weight excluding hydrogens is 302 g/mol. The number of benzene rings is 1. The van der Waals surface area contributed by atoms with Gasteiger partial charge in [0.05, 0.1) is 6.54 Å². The molecule has 0 spiro atoms. The predicted molar refractivity (Wildman–Crippen MR) is 77.2 cm³/mol. The van der Waals surface area contributed by atoms with Crippen molar-refractivity contribution in [2.24, 2.45) is 5.73 Å². The standard InChI is InChI=1S/C11H14BrN3OS/c1-15(2)10(16)6-14-9-4-3-7(12)5-8(9)11(13)17/h3-5,14H,6H2,1-2H3,(H2,13,17). The second-order valence-corrected chi connectivity index (χ2v) is 5.05. The number of amides is 1. The van der Waals surface area contributed by atoms with Gasteiger partial charge in [-0.1, -0.05) is 28.1 Å². The van der Waals surface area contributed by atoms with E-state index < -0.39 is 0 Å². The summed E-state index contributed by atoms with van der Waals surface area (Å²) in [5.41, 5.74) is 7.11. The van der Waals surface area contributed by atoms with Crippen LogP contribution in [0, 0.1) is 0 Å². The van der Waals surface area contributed by atoms with Crippen LogP contribution in [0.2, 0.25) is 0 Å². The Bertz CT molecular complexity index is 448. The van der Waals surface area contributed by atoms with E-state index in [1.807, 2.05) is 18.2 Å². The van der Waals surface area contributed by atoms with Crippen LogP contribution in [0.5, 0.6) is 0 Å². The molecule has 4 nitrogen and oxygen atoms in total. The molecule has 1 amide bonds. The van der Waals surface area contributed by atoms with E-state index in [4.69, 9.17) is 18.0 Å². The van der Waals surface area contributed by atoms with Crippen molar-refractivity contribution in [1.82, 2.24) is 4.90 Å². The van der Waals surface area contributed by atoms with Crippen molar-refractivity contribution in [3.8, 4) is 0 Å². The van der Waals surface area contributed by atoms with Crippen LogP contribution in [0.4, 0.5) is 5.69 Å². The third-order valence-electron chi connectivity index (χ3n) is 2.18. The van der Waals surface area contributed by atoms with E-state index in [-0.39, 0.29) is 12.5 Å². The Morgan fingerprint density at radius 3 is 2.71 bits per heavy atom. The summed E-state index contributed by atoms with van der Waals surface area (Å²) in [7, 11) is 3.42. The lowest BCUT2D eigenvalue weighted by molar-refractivity contribution is -0.126. The highest BCUT2D eigenvalue weighted by molar-refractivity contribution is 9.10. The Hall–Kier alpha value is -1.14. The largest absolute Gasteiger partial charge is 0.389 e. The quantitative estimate of drug-likeness (QED) is 0.828. The zero-order valence-electron chi connectivity index (χ0n) is 9.66. The van der Waals surface area contributed by atoms with Crippen LogP contribution >= 0.6 is 28.1 Å². The SMILES string of the molecule is CN(C)C(=O)CNc1ccc(Br)cc1C(N)=S. The lowest BCUT2D eigenvalue weighted by Gasteiger charge is -2.14. The summed E-state index contributed by atoms with van der Waals surface area (Å²) in [4.78, 5) is 13.3. The number of nitrogens with two attached hydrogens (primary N) is 1. The summed E-state index contributed by atoms with van der Waals surface area (Å²) in [5.74, 6) is -0.0122. The molecule has 0 radical (unpaired) electrons. The molecule has 1 rings (SSSR count). The zero-order chi connectivity index (χ0) is 13.0. The summed E-state index contributed by atoms with van der Waals surface area (Å²) in [6, 6.07) is 5.52. The first-order valence-electron chi connectivity index (χ1n) is 4.95. The number of likely N-dealkylation sites (N-methyl/N-ethyl adjacent to an activating group) is 1. The van der Waals surface area contributed by atoms with Gasteiger partial charge in [-0.3, -0.25) is 4.79 Å². The first-order chi connectivity index (χ1) is 7.91. The Labute approximate surface area is 114 Å². The highest BCUT2D eigenvalue weighted by atomic mass is 79.9. The molecule has 0 fully saturated rings. The van der Waals surface area contributed by atoms with Crippen molar-refractivity contribution in [2.45, 2.75) is 0 Å². The number of nitrogens with zero attached hydrogens (tertiary/aromatic N) is 1. The topological polar surface area (TPSA) is 58.4 Å². The molecule has 0 saturated carbocycles. The number of hydrogen-bond acceptors (Lipinski definition) is 3. The van der Waals surface area contributed by atoms with Gasteiger partial charge in [-0.2, -0.15) is 0 Å². The molecule has 1 aromatic carbocycles. The first kappa shape index (κ1) is 13.9. The maximum atomic E-state index is 11.5. The molecule has 0 bridgehead atoms. The van der Waals surface area contributed by atoms with Gasteiger partial charge in [-0.05, 0) is 18.2 Å². The summed E-state index contributed by atoms with van der Waals surface area (Å²) in [6.07, 6.45) is 0. The minimum absolute atomic E-state index is 0.0122. The van der Waals surface area contributed by atoms with Gasteiger partial charge in [0.1, 0.15) is 4.99 Å². The fourth-order valence-electron chi connectivity index (χ4n) is 1.20. The molecule has 0 unspecified atom stereocenters. The van der Waals surface area contributed by atoms with E-state index in [0.717, 1.165) is 15.7 Å². The van der Waals surface area contributed by atoms with E-state index in [2.05, 4.69) is 21.2 Å². The molecule has 0 saturated heterocycles. The Balaban J connectivity index is 2.84. The average molecular weight is 316 g/mol. The number of thiocarbonyl (C=S) groups is 1. The Morgan fingerprint density at radius 2 is 2.18 bits per heavy atom. The molecule has 3 N–H and O–H groups in total. The first-order valence-corrected chi connectivity index (χ1v) is 6.15. The van der Waals surface area contributed by atoms with Crippen LogP contribution < -0.4 is 11.1 Å². The third-order valence-corrected chi connectivity index (χ3v) is 2.89. The van der Waals surface area contributed by atoms with Gasteiger partial charge < -0.3 is 16.0 Å². The molecule has 92 valence electrons. The van der Waals surface area contributed by atoms with E-state index in [9.17, 15) is 4.79 Å². The fourth-order valence-corrected chi connectivity index (χ4v) is 1.73. The minimum atomic E-state index is -0.0122. The van der Waals surface area contributed by atoms with Crippen LogP contribution in [0.15, 0.2) is 22.7 Å². The highest BCUT2D eigenvalue weighted by Gasteiger charge is 2.08. The molecule has 0 aliphatic heterocycles. The van der Waals surface area contributed by atoms with Crippen molar-refractivity contribution in [1.29, 1.82) is 0 Å². The van der Waals surface area contributed by atoms with Crippen molar-refractivity contribution < 1.29 is 4.79 Å². The number of carbonyl (C=O) groups is 1. The normalized spacial score (nSPS) is 9.82. The molecule has 0 aromatic heterocycles. The highest BCUT2D eigenvalue weighted by Crippen LogP contribution is 2.20. The maximum Gasteiger partial charge on any atom is 0.241 e. The number of nitrogens with one attached hydrogen (secondary N) is 1. The van der Waals surface area contributed by atoms with Crippen LogP contribution in [0.1, 0.15) is 5.56 Å². The zero-order valence-corrected chi connectivity index (χ0v) is 12.1. The Morgan fingerprint density at radius 1 is 1.53 bits per heavy atom. The van der Waals surface area contributed by atoms with E-state index >= 15 is 0 Å². The number of anilines is 1. The lowest BCUT2D eigenvalue weighted by Crippen LogP contribution is -2.29. The summed E-state index contributed by atoms with van der Waals surface area (Å²) in [5, 5.41) is 3.02.